The molecule has 1 aliphatic heterocycles. The van der Waals surface area contributed by atoms with E-state index in [2.05, 4.69) is 32.2 Å². The number of hydrogen-bond acceptors (Lipinski definition) is 5. The van der Waals surface area contributed by atoms with E-state index in [9.17, 15) is 4.79 Å². The Morgan fingerprint density at radius 1 is 1.18 bits per heavy atom. The molecule has 33 heavy (non-hydrogen) atoms. The minimum Gasteiger partial charge on any atom is -0.360 e. The zero-order valence-corrected chi connectivity index (χ0v) is 19.9. The van der Waals surface area contributed by atoms with Crippen LogP contribution in [0.3, 0.4) is 0 Å². The molecule has 1 saturated heterocycles. The fourth-order valence-corrected chi connectivity index (χ4v) is 4.81. The summed E-state index contributed by atoms with van der Waals surface area (Å²) in [7, 11) is 0. The van der Waals surface area contributed by atoms with E-state index in [1.54, 1.807) is 12.1 Å². The Morgan fingerprint density at radius 3 is 2.85 bits per heavy atom. The summed E-state index contributed by atoms with van der Waals surface area (Å²) in [6.45, 7) is 4.83. The molecule has 4 aromatic rings. The van der Waals surface area contributed by atoms with Gasteiger partial charge in [-0.2, -0.15) is 0 Å². The van der Waals surface area contributed by atoms with Gasteiger partial charge in [-0.15, -0.1) is 0 Å². The third kappa shape index (κ3) is 4.23. The van der Waals surface area contributed by atoms with Crippen LogP contribution < -0.4 is 5.32 Å². The number of H-pyrrole nitrogens is 1. The first-order valence-electron chi connectivity index (χ1n) is 11.1. The Labute approximate surface area is 201 Å². The second-order valence-corrected chi connectivity index (χ2v) is 9.41. The van der Waals surface area contributed by atoms with Crippen LogP contribution in [0.2, 0.25) is 10.0 Å². The molecule has 0 spiro atoms. The highest BCUT2D eigenvalue weighted by molar-refractivity contribution is 6.35. The van der Waals surface area contributed by atoms with Gasteiger partial charge >= 0.3 is 0 Å². The Hall–Kier alpha value is -2.90. The third-order valence-electron chi connectivity index (χ3n) is 6.24. The van der Waals surface area contributed by atoms with Crippen LogP contribution in [0.5, 0.6) is 0 Å². The van der Waals surface area contributed by atoms with Crippen LogP contribution in [0.4, 0.5) is 5.82 Å². The maximum absolute atomic E-state index is 13.2. The number of benzene rings is 2. The Kier molecular flexibility index (Phi) is 5.85. The highest BCUT2D eigenvalue weighted by Crippen LogP contribution is 2.31. The van der Waals surface area contributed by atoms with Crippen LogP contribution in [0, 0.1) is 0 Å². The van der Waals surface area contributed by atoms with Crippen molar-refractivity contribution < 1.29 is 4.79 Å². The molecule has 2 aromatic carbocycles. The molecule has 0 radical (unpaired) electrons. The first kappa shape index (κ1) is 21.9. The van der Waals surface area contributed by atoms with Crippen molar-refractivity contribution >= 4 is 56.9 Å². The lowest BCUT2D eigenvalue weighted by Gasteiger charge is -2.33. The summed E-state index contributed by atoms with van der Waals surface area (Å²) in [4.78, 5) is 31.9. The summed E-state index contributed by atoms with van der Waals surface area (Å²) in [5.74, 6) is 1.34. The average molecular weight is 483 g/mol. The van der Waals surface area contributed by atoms with Crippen LogP contribution in [0.15, 0.2) is 36.7 Å². The number of hydrogen-bond donors (Lipinski definition) is 2. The number of carbonyl (C=O) groups excluding carboxylic acids is 1. The number of anilines is 1. The monoisotopic (exact) mass is 482 g/mol. The van der Waals surface area contributed by atoms with Gasteiger partial charge in [0.1, 0.15) is 18.0 Å². The normalized spacial score (nSPS) is 17.5. The molecule has 7 nitrogen and oxygen atoms in total. The van der Waals surface area contributed by atoms with Crippen LogP contribution >= 0.6 is 23.2 Å². The van der Waals surface area contributed by atoms with Crippen molar-refractivity contribution in [1.29, 1.82) is 0 Å². The van der Waals surface area contributed by atoms with Crippen molar-refractivity contribution in [2.45, 2.75) is 45.2 Å². The zero-order chi connectivity index (χ0) is 23.1. The first-order valence-corrected chi connectivity index (χ1v) is 11.8. The topological polar surface area (TPSA) is 86.8 Å². The minimum atomic E-state index is -0.163. The number of amides is 1. The fourth-order valence-electron chi connectivity index (χ4n) is 4.39. The number of nitrogens with zero attached hydrogens (tertiary/aromatic N) is 4. The summed E-state index contributed by atoms with van der Waals surface area (Å²) in [6, 6.07) is 9.13. The summed E-state index contributed by atoms with van der Waals surface area (Å²) in [6.07, 6.45) is 4.67. The van der Waals surface area contributed by atoms with E-state index in [1.165, 1.54) is 6.33 Å². The second-order valence-electron chi connectivity index (χ2n) is 8.56. The molecule has 2 aromatic heterocycles. The van der Waals surface area contributed by atoms with Gasteiger partial charge in [0.25, 0.3) is 5.91 Å². The van der Waals surface area contributed by atoms with Crippen LogP contribution in [0.1, 0.15) is 55.3 Å². The van der Waals surface area contributed by atoms with Crippen molar-refractivity contribution in [2.24, 2.45) is 0 Å². The van der Waals surface area contributed by atoms with Crippen LogP contribution in [0.25, 0.3) is 21.9 Å². The summed E-state index contributed by atoms with van der Waals surface area (Å²) in [5, 5.41) is 5.19. The molecule has 0 saturated carbocycles. The van der Waals surface area contributed by atoms with Crippen LogP contribution in [-0.4, -0.2) is 43.3 Å². The van der Waals surface area contributed by atoms with Gasteiger partial charge in [-0.3, -0.25) is 4.79 Å². The van der Waals surface area contributed by atoms with Gasteiger partial charge in [-0.05, 0) is 63.4 Å². The zero-order valence-electron chi connectivity index (χ0n) is 18.4. The summed E-state index contributed by atoms with van der Waals surface area (Å²) < 4.78 is 0. The van der Waals surface area contributed by atoms with E-state index in [-0.39, 0.29) is 18.0 Å². The van der Waals surface area contributed by atoms with Crippen molar-refractivity contribution in [3.05, 3.63) is 58.1 Å². The molecule has 2 atom stereocenters. The van der Waals surface area contributed by atoms with Crippen molar-refractivity contribution in [3.8, 4) is 0 Å². The lowest BCUT2D eigenvalue weighted by molar-refractivity contribution is 0.0636. The minimum absolute atomic E-state index is 0.0449. The van der Waals surface area contributed by atoms with Crippen molar-refractivity contribution in [3.63, 3.8) is 0 Å². The van der Waals surface area contributed by atoms with E-state index in [4.69, 9.17) is 23.2 Å². The number of imidazole rings is 1. The van der Waals surface area contributed by atoms with E-state index in [1.807, 2.05) is 30.0 Å². The predicted molar refractivity (Wildman–Crippen MR) is 132 cm³/mol. The molecular formula is C24H24Cl2N6O. The quantitative estimate of drug-likeness (QED) is 0.372. The number of rotatable bonds is 4. The lowest BCUT2D eigenvalue weighted by atomic mass is 10.0. The number of halogens is 2. The molecule has 1 amide bonds. The highest BCUT2D eigenvalue weighted by Gasteiger charge is 2.26. The van der Waals surface area contributed by atoms with Gasteiger partial charge in [0.2, 0.25) is 0 Å². The maximum atomic E-state index is 13.2. The van der Waals surface area contributed by atoms with E-state index in [0.717, 1.165) is 48.1 Å². The number of fused-ring (bicyclic) bond motifs is 2. The van der Waals surface area contributed by atoms with Crippen LogP contribution in [-0.2, 0) is 0 Å². The fraction of sp³-hybridized carbons (Fsp3) is 0.333. The summed E-state index contributed by atoms with van der Waals surface area (Å²) >= 11 is 12.7. The predicted octanol–water partition coefficient (Wildman–Crippen LogP) is 6.00. The molecule has 0 unspecified atom stereocenters. The standard InChI is InChI=1S/C24H24Cl2N6O/c1-13-5-3-4-8-32(13)24(33)16-11-20-17(10-18(16)26)23(28-12-27-20)29-14(2)22-30-19-7-6-15(25)9-21(19)31-22/h6-7,9-14H,3-5,8H2,1-2H3,(H,30,31)(H,27,28,29)/t13-,14-/m0/s1. The van der Waals surface area contributed by atoms with Gasteiger partial charge in [0.05, 0.1) is 33.2 Å². The number of likely N-dealkylation sites (tertiary alicyclic amines) is 1. The number of piperidine rings is 1. The first-order chi connectivity index (χ1) is 15.9. The number of aromatic amines is 1. The molecule has 5 rings (SSSR count). The Morgan fingerprint density at radius 2 is 2.03 bits per heavy atom. The van der Waals surface area contributed by atoms with E-state index >= 15 is 0 Å². The smallest absolute Gasteiger partial charge is 0.255 e. The van der Waals surface area contributed by atoms with Crippen molar-refractivity contribution in [2.75, 3.05) is 11.9 Å². The van der Waals surface area contributed by atoms with Gasteiger partial charge in [0, 0.05) is 23.0 Å². The Bertz CT molecular complexity index is 1350. The molecule has 2 N–H and O–H groups in total. The Balaban J connectivity index is 1.45. The van der Waals surface area contributed by atoms with Gasteiger partial charge in [0.15, 0.2) is 0 Å². The molecule has 170 valence electrons. The molecule has 0 aliphatic carbocycles. The maximum Gasteiger partial charge on any atom is 0.255 e. The highest BCUT2D eigenvalue weighted by atomic mass is 35.5. The molecule has 1 aliphatic rings. The summed E-state index contributed by atoms with van der Waals surface area (Å²) in [5.41, 5.74) is 2.85. The SMILES string of the molecule is C[C@H](Nc1ncnc2cc(C(=O)N3CCCC[C@@H]3C)c(Cl)cc12)c1nc2ccc(Cl)cc2[nH]1. The molecule has 0 bridgehead atoms. The third-order valence-corrected chi connectivity index (χ3v) is 6.79. The molecule has 3 heterocycles. The van der Waals surface area contributed by atoms with E-state index in [0.29, 0.717) is 26.9 Å². The average Bonchev–Trinajstić information content (AvgIpc) is 3.22. The number of nitrogens with one attached hydrogen (secondary N) is 2. The van der Waals surface area contributed by atoms with Gasteiger partial charge in [-0.25, -0.2) is 15.0 Å². The number of carbonyl (C=O) groups is 1. The van der Waals surface area contributed by atoms with E-state index < -0.39 is 0 Å². The van der Waals surface area contributed by atoms with Gasteiger partial charge in [-0.1, -0.05) is 23.2 Å². The second kappa shape index (κ2) is 8.80. The van der Waals surface area contributed by atoms with Crippen molar-refractivity contribution in [1.82, 2.24) is 24.8 Å². The van der Waals surface area contributed by atoms with Gasteiger partial charge < -0.3 is 15.2 Å². The molecule has 1 fully saturated rings. The lowest BCUT2D eigenvalue weighted by Crippen LogP contribution is -2.42. The largest absolute Gasteiger partial charge is 0.360 e. The number of aromatic nitrogens is 4. The molecule has 9 heteroatoms. The molecular weight excluding hydrogens is 459 g/mol.